The zero-order valence-electron chi connectivity index (χ0n) is 12.6. The largest absolute Gasteiger partial charge is 0.356 e. The number of hydrogen-bond acceptors (Lipinski definition) is 3. The van der Waals surface area contributed by atoms with E-state index in [9.17, 15) is 4.79 Å². The number of hydrogen-bond donors (Lipinski definition) is 1. The summed E-state index contributed by atoms with van der Waals surface area (Å²) in [6.07, 6.45) is 1.87. The number of halogens is 1. The van der Waals surface area contributed by atoms with E-state index in [4.69, 9.17) is 11.6 Å². The first-order valence-electron chi connectivity index (χ1n) is 7.57. The lowest BCUT2D eigenvalue weighted by molar-refractivity contribution is -0.121. The van der Waals surface area contributed by atoms with E-state index in [2.05, 4.69) is 16.4 Å². The minimum atomic E-state index is 0.0473. The molecule has 1 aromatic heterocycles. The van der Waals surface area contributed by atoms with Gasteiger partial charge in [0.15, 0.2) is 0 Å². The Labute approximate surface area is 144 Å². The van der Waals surface area contributed by atoms with Crippen molar-refractivity contribution in [1.82, 2.24) is 10.3 Å². The molecule has 0 aliphatic heterocycles. The molecule has 0 aliphatic rings. The molecular weight excluding hydrogens is 328 g/mol. The van der Waals surface area contributed by atoms with E-state index in [0.717, 1.165) is 27.5 Å². The number of nitrogens with zero attached hydrogens (tertiary/aromatic N) is 1. The zero-order chi connectivity index (χ0) is 16.1. The molecule has 5 heteroatoms. The van der Waals surface area contributed by atoms with Gasteiger partial charge in [0.1, 0.15) is 0 Å². The van der Waals surface area contributed by atoms with Crippen molar-refractivity contribution >= 4 is 39.1 Å². The fourth-order valence-corrected chi connectivity index (χ4v) is 3.57. The van der Waals surface area contributed by atoms with Gasteiger partial charge in [-0.2, -0.15) is 0 Å². The van der Waals surface area contributed by atoms with E-state index in [1.807, 2.05) is 42.5 Å². The van der Waals surface area contributed by atoms with Gasteiger partial charge in [-0.05, 0) is 30.2 Å². The zero-order valence-corrected chi connectivity index (χ0v) is 14.2. The molecule has 0 aliphatic carbocycles. The van der Waals surface area contributed by atoms with Gasteiger partial charge in [0.05, 0.1) is 15.2 Å². The maximum absolute atomic E-state index is 11.9. The Hall–Kier alpha value is -1.91. The van der Waals surface area contributed by atoms with E-state index >= 15 is 0 Å². The first-order valence-corrected chi connectivity index (χ1v) is 8.76. The Morgan fingerprint density at radius 1 is 1.09 bits per heavy atom. The summed E-state index contributed by atoms with van der Waals surface area (Å²) in [5.74, 6) is 0.0473. The average molecular weight is 345 g/mol. The molecule has 0 radical (unpaired) electrons. The number of amides is 1. The minimum Gasteiger partial charge on any atom is -0.356 e. The Balaban J connectivity index is 1.45. The predicted octanol–water partition coefficient (Wildman–Crippen LogP) is 4.24. The predicted molar refractivity (Wildman–Crippen MR) is 96.1 cm³/mol. The summed E-state index contributed by atoms with van der Waals surface area (Å²) in [5.41, 5.74) is 2.04. The third kappa shape index (κ3) is 4.30. The number of aromatic nitrogens is 1. The summed E-state index contributed by atoms with van der Waals surface area (Å²) >= 11 is 7.77. The summed E-state index contributed by atoms with van der Waals surface area (Å²) < 4.78 is 1.19. The van der Waals surface area contributed by atoms with Crippen molar-refractivity contribution in [2.75, 3.05) is 6.54 Å². The summed E-state index contributed by atoms with van der Waals surface area (Å²) in [5, 5.41) is 4.72. The number of aryl methyl sites for hydroxylation is 1. The van der Waals surface area contributed by atoms with Crippen LogP contribution in [-0.4, -0.2) is 17.4 Å². The lowest BCUT2D eigenvalue weighted by Gasteiger charge is -2.05. The van der Waals surface area contributed by atoms with Crippen LogP contribution in [0.25, 0.3) is 10.2 Å². The van der Waals surface area contributed by atoms with Gasteiger partial charge in [0.2, 0.25) is 5.91 Å². The summed E-state index contributed by atoms with van der Waals surface area (Å²) in [7, 11) is 0. The quantitative estimate of drug-likeness (QED) is 0.726. The second kappa shape index (κ2) is 7.57. The number of thiazole rings is 1. The number of carbonyl (C=O) groups is 1. The molecule has 23 heavy (non-hydrogen) atoms. The van der Waals surface area contributed by atoms with Crippen molar-refractivity contribution in [3.63, 3.8) is 0 Å². The molecule has 1 N–H and O–H groups in total. The molecular formula is C18H17ClN2OS. The summed E-state index contributed by atoms with van der Waals surface area (Å²) in [6.45, 7) is 0.612. The Morgan fingerprint density at radius 2 is 1.87 bits per heavy atom. The first kappa shape index (κ1) is 16.0. The molecule has 1 amide bonds. The topological polar surface area (TPSA) is 42.0 Å². The molecule has 3 nitrogen and oxygen atoms in total. The average Bonchev–Trinajstić information content (AvgIpc) is 2.97. The monoisotopic (exact) mass is 344 g/mol. The van der Waals surface area contributed by atoms with Crippen LogP contribution in [0.15, 0.2) is 48.5 Å². The molecule has 3 aromatic rings. The lowest BCUT2D eigenvalue weighted by atomic mass is 10.1. The second-order valence-corrected chi connectivity index (χ2v) is 6.79. The van der Waals surface area contributed by atoms with Gasteiger partial charge in [0, 0.05) is 24.4 Å². The Morgan fingerprint density at radius 3 is 2.70 bits per heavy atom. The van der Waals surface area contributed by atoms with Crippen molar-refractivity contribution < 1.29 is 4.79 Å². The van der Waals surface area contributed by atoms with E-state index in [1.54, 1.807) is 11.3 Å². The van der Waals surface area contributed by atoms with Gasteiger partial charge in [-0.3, -0.25) is 4.79 Å². The van der Waals surface area contributed by atoms with Crippen LogP contribution in [0.5, 0.6) is 0 Å². The number of nitrogens with one attached hydrogen (secondary N) is 1. The van der Waals surface area contributed by atoms with Crippen LogP contribution in [0.1, 0.15) is 17.0 Å². The van der Waals surface area contributed by atoms with Gasteiger partial charge in [0.25, 0.3) is 0 Å². The highest BCUT2D eigenvalue weighted by Crippen LogP contribution is 2.21. The van der Waals surface area contributed by atoms with Crippen LogP contribution in [0.4, 0.5) is 0 Å². The fourth-order valence-electron chi connectivity index (χ4n) is 2.37. The van der Waals surface area contributed by atoms with Gasteiger partial charge in [-0.15, -0.1) is 11.3 Å². The standard InChI is InChI=1S/C18H17ClN2OS/c19-14-6-2-1-5-13(14)9-10-17(22)20-12-11-18-21-15-7-3-4-8-16(15)23-18/h1-8H,9-12H2,(H,20,22). The van der Waals surface area contributed by atoms with Gasteiger partial charge < -0.3 is 5.32 Å². The summed E-state index contributed by atoms with van der Waals surface area (Å²) in [6, 6.07) is 15.7. The van der Waals surface area contributed by atoms with Crippen LogP contribution in [-0.2, 0) is 17.6 Å². The van der Waals surface area contributed by atoms with Crippen molar-refractivity contribution in [2.45, 2.75) is 19.3 Å². The molecule has 2 aromatic carbocycles. The molecule has 0 bridgehead atoms. The molecule has 0 saturated heterocycles. The van der Waals surface area contributed by atoms with Crippen molar-refractivity contribution in [3.05, 3.63) is 64.1 Å². The lowest BCUT2D eigenvalue weighted by Crippen LogP contribution is -2.25. The number of rotatable bonds is 6. The van der Waals surface area contributed by atoms with Crippen LogP contribution in [0.3, 0.4) is 0 Å². The molecule has 1 heterocycles. The molecule has 0 fully saturated rings. The molecule has 0 saturated carbocycles. The molecule has 3 rings (SSSR count). The number of benzene rings is 2. The third-order valence-electron chi connectivity index (χ3n) is 3.58. The van der Waals surface area contributed by atoms with Crippen LogP contribution < -0.4 is 5.32 Å². The van der Waals surface area contributed by atoms with Crippen LogP contribution in [0, 0.1) is 0 Å². The minimum absolute atomic E-state index is 0.0473. The first-order chi connectivity index (χ1) is 11.2. The number of fused-ring (bicyclic) bond motifs is 1. The van der Waals surface area contributed by atoms with E-state index < -0.39 is 0 Å². The van der Waals surface area contributed by atoms with Crippen molar-refractivity contribution in [2.24, 2.45) is 0 Å². The van der Waals surface area contributed by atoms with Crippen LogP contribution in [0.2, 0.25) is 5.02 Å². The number of carbonyl (C=O) groups excluding carboxylic acids is 1. The van der Waals surface area contributed by atoms with Gasteiger partial charge >= 0.3 is 0 Å². The SMILES string of the molecule is O=C(CCc1ccccc1Cl)NCCc1nc2ccccc2s1. The van der Waals surface area contributed by atoms with E-state index in [-0.39, 0.29) is 5.91 Å². The fraction of sp³-hybridized carbons (Fsp3) is 0.222. The third-order valence-corrected chi connectivity index (χ3v) is 5.04. The Bertz CT molecular complexity index is 782. The highest BCUT2D eigenvalue weighted by molar-refractivity contribution is 7.18. The van der Waals surface area contributed by atoms with E-state index in [0.29, 0.717) is 19.4 Å². The second-order valence-electron chi connectivity index (χ2n) is 5.27. The molecule has 0 atom stereocenters. The molecule has 0 unspecified atom stereocenters. The maximum Gasteiger partial charge on any atom is 0.220 e. The maximum atomic E-state index is 11.9. The van der Waals surface area contributed by atoms with Crippen molar-refractivity contribution in [1.29, 1.82) is 0 Å². The van der Waals surface area contributed by atoms with Gasteiger partial charge in [-0.1, -0.05) is 41.9 Å². The van der Waals surface area contributed by atoms with Crippen LogP contribution >= 0.6 is 22.9 Å². The molecule has 118 valence electrons. The Kier molecular flexibility index (Phi) is 5.26. The highest BCUT2D eigenvalue weighted by atomic mass is 35.5. The van der Waals surface area contributed by atoms with E-state index in [1.165, 1.54) is 4.70 Å². The highest BCUT2D eigenvalue weighted by Gasteiger charge is 2.06. The normalized spacial score (nSPS) is 10.8. The smallest absolute Gasteiger partial charge is 0.220 e. The van der Waals surface area contributed by atoms with Gasteiger partial charge in [-0.25, -0.2) is 4.98 Å². The number of para-hydroxylation sites is 1. The van der Waals surface area contributed by atoms with Crippen molar-refractivity contribution in [3.8, 4) is 0 Å². The summed E-state index contributed by atoms with van der Waals surface area (Å²) in [4.78, 5) is 16.5. The molecule has 0 spiro atoms.